The normalized spacial score (nSPS) is 26.4. The van der Waals surface area contributed by atoms with Crippen LogP contribution in [0.5, 0.6) is 6.01 Å². The zero-order valence-corrected chi connectivity index (χ0v) is 27.1. The van der Waals surface area contributed by atoms with Crippen LogP contribution in [0.4, 0.5) is 37.3 Å². The molecule has 258 valence electrons. The van der Waals surface area contributed by atoms with E-state index in [1.807, 2.05) is 4.90 Å². The average Bonchev–Trinajstić information content (AvgIpc) is 3.86. The van der Waals surface area contributed by atoms with Gasteiger partial charge >= 0.3 is 12.2 Å². The molecule has 16 heteroatoms. The Morgan fingerprint density at radius 1 is 1.22 bits per heavy atom. The molecule has 1 saturated carbocycles. The number of aromatic nitrogens is 3. The fraction of sp³-hybridized carbons (Fsp3) is 0.455. The summed E-state index contributed by atoms with van der Waals surface area (Å²) < 4.78 is 96.8. The van der Waals surface area contributed by atoms with Crippen molar-refractivity contribution in [2.45, 2.75) is 55.7 Å². The van der Waals surface area contributed by atoms with Crippen molar-refractivity contribution in [2.24, 2.45) is 5.92 Å². The summed E-state index contributed by atoms with van der Waals surface area (Å²) in [4.78, 5) is 30.8. The molecule has 4 aromatic rings. The second kappa shape index (κ2) is 11.2. The van der Waals surface area contributed by atoms with Crippen LogP contribution in [0.1, 0.15) is 31.2 Å². The van der Waals surface area contributed by atoms with E-state index in [1.54, 1.807) is 16.8 Å². The van der Waals surface area contributed by atoms with E-state index in [0.29, 0.717) is 25.9 Å². The number of carbonyl (C=O) groups is 1. The van der Waals surface area contributed by atoms with Gasteiger partial charge in [-0.15, -0.1) is 0 Å². The number of anilines is 2. The van der Waals surface area contributed by atoms with E-state index in [1.165, 1.54) is 6.08 Å². The van der Waals surface area contributed by atoms with Crippen LogP contribution in [-0.2, 0) is 11.0 Å². The molecule has 9 rings (SSSR count). The van der Waals surface area contributed by atoms with Gasteiger partial charge in [-0.05, 0) is 50.1 Å². The van der Waals surface area contributed by atoms with Crippen molar-refractivity contribution >= 4 is 49.3 Å². The second-order valence-corrected chi connectivity index (χ2v) is 14.4. The van der Waals surface area contributed by atoms with E-state index >= 15 is 4.39 Å². The highest BCUT2D eigenvalue weighted by Crippen LogP contribution is 2.49. The summed E-state index contributed by atoms with van der Waals surface area (Å²) in [6, 6.07) is 1.92. The van der Waals surface area contributed by atoms with E-state index in [0.717, 1.165) is 36.0 Å². The molecule has 6 heterocycles. The Morgan fingerprint density at radius 3 is 2.78 bits per heavy atom. The van der Waals surface area contributed by atoms with Crippen LogP contribution in [0.2, 0.25) is 0 Å². The minimum absolute atomic E-state index is 0.00414. The molecule has 5 fully saturated rings. The van der Waals surface area contributed by atoms with Gasteiger partial charge in [0.2, 0.25) is 5.91 Å². The predicted octanol–water partition coefficient (Wildman–Crippen LogP) is 5.96. The third-order valence-corrected chi connectivity index (χ3v) is 11.6. The molecule has 4 aliphatic heterocycles. The van der Waals surface area contributed by atoms with Gasteiger partial charge in [0.1, 0.15) is 29.9 Å². The van der Waals surface area contributed by atoms with Gasteiger partial charge in [-0.2, -0.15) is 23.1 Å². The fourth-order valence-electron chi connectivity index (χ4n) is 8.53. The highest BCUT2D eigenvalue weighted by molar-refractivity contribution is 7.22. The number of hydrogen-bond donors (Lipinski definition) is 1. The van der Waals surface area contributed by atoms with Crippen molar-refractivity contribution in [3.8, 4) is 17.1 Å². The molecule has 0 radical (unpaired) electrons. The second-order valence-electron chi connectivity index (χ2n) is 13.4. The van der Waals surface area contributed by atoms with Crippen molar-refractivity contribution in [1.29, 1.82) is 0 Å². The molecule has 49 heavy (non-hydrogen) atoms. The Balaban J connectivity index is 1.31. The van der Waals surface area contributed by atoms with Crippen LogP contribution in [0.3, 0.4) is 0 Å². The summed E-state index contributed by atoms with van der Waals surface area (Å²) >= 11 is 0.738. The largest absolute Gasteiger partial charge is 0.461 e. The number of amides is 1. The van der Waals surface area contributed by atoms with Gasteiger partial charge < -0.3 is 20.3 Å². The van der Waals surface area contributed by atoms with Crippen LogP contribution < -0.4 is 15.4 Å². The molecule has 5 aliphatic rings. The summed E-state index contributed by atoms with van der Waals surface area (Å²) in [5.74, 6) is -2.36. The Labute approximate surface area is 280 Å². The van der Waals surface area contributed by atoms with Gasteiger partial charge in [-0.1, -0.05) is 17.9 Å². The van der Waals surface area contributed by atoms with Gasteiger partial charge in [0, 0.05) is 49.0 Å². The number of fused-ring (bicyclic) bond motifs is 4. The average molecular weight is 704 g/mol. The molecule has 2 aromatic carbocycles. The van der Waals surface area contributed by atoms with Gasteiger partial charge in [-0.3, -0.25) is 9.69 Å². The molecule has 5 atom stereocenters. The first-order valence-electron chi connectivity index (χ1n) is 15.9. The first-order chi connectivity index (χ1) is 23.3. The fourth-order valence-corrected chi connectivity index (χ4v) is 9.29. The standard InChI is InChI=1S/C33H31F6N7O2S/c1-3-22(47)46-12-15-9-21(46)27(15)44(2)29-18-10-19(33(37,38)39)23(17-5-6-20(35)28-26(17)41-30(40)49-28)24(36)25(18)42-31(43-29)48-14-32-7-4-8-45(32)13-16(34)11-32/h3,5-6,10,15-16,21,27H,1,4,7-9,11-14H2,2H3,(H2,40,41). The van der Waals surface area contributed by atoms with Crippen LogP contribution in [0, 0.1) is 17.6 Å². The number of halogens is 6. The van der Waals surface area contributed by atoms with Gasteiger partial charge in [0.25, 0.3) is 0 Å². The number of carbonyl (C=O) groups excluding carboxylic acids is 1. The molecule has 2 bridgehead atoms. The molecule has 9 nitrogen and oxygen atoms in total. The number of nitrogens with two attached hydrogens (primary N) is 1. The molecular weight excluding hydrogens is 672 g/mol. The predicted molar refractivity (Wildman–Crippen MR) is 172 cm³/mol. The highest BCUT2D eigenvalue weighted by atomic mass is 32.1. The summed E-state index contributed by atoms with van der Waals surface area (Å²) in [6.07, 6.45) is -2.42. The first kappa shape index (κ1) is 32.0. The lowest BCUT2D eigenvalue weighted by Crippen LogP contribution is -2.54. The number of hydrogen-bond acceptors (Lipinski definition) is 9. The minimum Gasteiger partial charge on any atom is -0.461 e. The van der Waals surface area contributed by atoms with Gasteiger partial charge in [0.05, 0.1) is 33.4 Å². The number of thiazole rings is 1. The lowest BCUT2D eigenvalue weighted by Gasteiger charge is -2.43. The smallest absolute Gasteiger partial charge is 0.417 e. The lowest BCUT2D eigenvalue weighted by atomic mass is 9.79. The molecule has 2 aromatic heterocycles. The van der Waals surface area contributed by atoms with E-state index < -0.39 is 46.2 Å². The van der Waals surface area contributed by atoms with Crippen LogP contribution in [-0.4, -0.2) is 87.7 Å². The maximum Gasteiger partial charge on any atom is 0.417 e. The van der Waals surface area contributed by atoms with E-state index in [4.69, 9.17) is 10.5 Å². The maximum absolute atomic E-state index is 17.0. The molecular formula is C33H31F6N7O2S. The molecule has 0 spiro atoms. The molecule has 4 saturated heterocycles. The summed E-state index contributed by atoms with van der Waals surface area (Å²) in [5.41, 5.74) is 2.04. The summed E-state index contributed by atoms with van der Waals surface area (Å²) in [6.45, 7) is 4.98. The van der Waals surface area contributed by atoms with Crippen molar-refractivity contribution < 1.29 is 35.9 Å². The molecule has 1 aliphatic carbocycles. The number of likely N-dealkylation sites (N-methyl/N-ethyl adjacent to an activating group) is 1. The van der Waals surface area contributed by atoms with Crippen molar-refractivity contribution in [3.05, 3.63) is 48.1 Å². The molecule has 5 unspecified atom stereocenters. The number of nitrogen functional groups attached to an aromatic ring is 1. The third-order valence-electron chi connectivity index (χ3n) is 10.7. The van der Waals surface area contributed by atoms with E-state index in [9.17, 15) is 26.7 Å². The van der Waals surface area contributed by atoms with Crippen LogP contribution >= 0.6 is 11.3 Å². The molecule has 1 amide bonds. The van der Waals surface area contributed by atoms with Crippen LogP contribution in [0.15, 0.2) is 30.9 Å². The number of nitrogens with zero attached hydrogens (tertiary/aromatic N) is 6. The van der Waals surface area contributed by atoms with Gasteiger partial charge in [-0.25, -0.2) is 18.2 Å². The van der Waals surface area contributed by atoms with Crippen molar-refractivity contribution in [2.75, 3.05) is 43.9 Å². The first-order valence-corrected chi connectivity index (χ1v) is 16.8. The Kier molecular flexibility index (Phi) is 7.30. The molecule has 2 N–H and O–H groups in total. The zero-order valence-electron chi connectivity index (χ0n) is 26.2. The summed E-state index contributed by atoms with van der Waals surface area (Å²) in [7, 11) is 1.64. The Hall–Kier alpha value is -4.18. The summed E-state index contributed by atoms with van der Waals surface area (Å²) in [5, 5.41) is -0.322. The Bertz CT molecular complexity index is 2040. The number of ether oxygens (including phenoxy) is 1. The quantitative estimate of drug-likeness (QED) is 0.186. The highest BCUT2D eigenvalue weighted by Gasteiger charge is 2.55. The van der Waals surface area contributed by atoms with Crippen molar-refractivity contribution in [1.82, 2.24) is 24.8 Å². The SMILES string of the molecule is C=CC(=O)N1CC2CC1C2N(C)c1nc(OCC23CCCN2CC(F)C3)nc2c(F)c(-c3ccc(F)c4sc(N)nc34)c(C(F)(F)F)cc12. The maximum atomic E-state index is 17.0. The Morgan fingerprint density at radius 2 is 2.02 bits per heavy atom. The van der Waals surface area contributed by atoms with E-state index in [2.05, 4.69) is 21.5 Å². The lowest BCUT2D eigenvalue weighted by molar-refractivity contribution is -0.137. The number of benzene rings is 2. The monoisotopic (exact) mass is 703 g/mol. The third kappa shape index (κ3) is 4.92. The topological polar surface area (TPSA) is 101 Å². The van der Waals surface area contributed by atoms with E-state index in [-0.39, 0.29) is 81.6 Å². The minimum atomic E-state index is -5.06. The van der Waals surface area contributed by atoms with Gasteiger partial charge in [0.15, 0.2) is 10.9 Å². The number of rotatable bonds is 7. The van der Waals surface area contributed by atoms with Crippen LogP contribution in [0.25, 0.3) is 32.2 Å². The zero-order chi connectivity index (χ0) is 34.6. The van der Waals surface area contributed by atoms with Crippen molar-refractivity contribution in [3.63, 3.8) is 0 Å². The number of alkyl halides is 4.